The van der Waals surface area contributed by atoms with Crippen molar-refractivity contribution in [3.05, 3.63) is 124 Å². The van der Waals surface area contributed by atoms with Gasteiger partial charge in [-0.05, 0) is 110 Å². The maximum absolute atomic E-state index is 12.8. The summed E-state index contributed by atoms with van der Waals surface area (Å²) in [5.74, 6) is 0. The van der Waals surface area contributed by atoms with Gasteiger partial charge in [0.1, 0.15) is 0 Å². The Hall–Kier alpha value is -4.53. The molecule has 2 aliphatic heterocycles. The zero-order chi connectivity index (χ0) is 47.0. The van der Waals surface area contributed by atoms with E-state index in [1.54, 1.807) is 12.1 Å². The molecule has 0 bridgehead atoms. The molecule has 346 valence electrons. The molecule has 4 N–H and O–H groups in total. The lowest BCUT2D eigenvalue weighted by Gasteiger charge is -2.29. The number of fused-ring (bicyclic) bond motifs is 2. The van der Waals surface area contributed by atoms with Crippen molar-refractivity contribution in [1.82, 2.24) is 5.32 Å². The Balaban J connectivity index is 1.45. The smallest absolute Gasteiger partial charge is 0.294 e. The van der Waals surface area contributed by atoms with Gasteiger partial charge in [0, 0.05) is 71.7 Å². The average molecular weight is 914 g/mol. The summed E-state index contributed by atoms with van der Waals surface area (Å²) >= 11 is 0. The molecule has 2 heterocycles. The lowest BCUT2D eigenvalue weighted by atomic mass is 9.81. The fraction of sp³-hybridized carbons (Fsp3) is 0.471. The number of nitrogens with one attached hydrogen (secondary N) is 1. The summed E-state index contributed by atoms with van der Waals surface area (Å²) in [5, 5.41) is 3.88. The third kappa shape index (κ3) is 11.3. The molecule has 11 nitrogen and oxygen atoms in total. The molecule has 3 aromatic carbocycles. The molecule has 3 aliphatic rings. The molecule has 0 unspecified atom stereocenters. The summed E-state index contributed by atoms with van der Waals surface area (Å²) in [7, 11) is 5.41. The van der Waals surface area contributed by atoms with E-state index >= 15 is 0 Å². The minimum atomic E-state index is -4.39. The molecule has 3 aromatic rings. The number of allylic oxidation sites excluding steroid dienone is 7. The Kier molecular flexibility index (Phi) is 14.1. The maximum atomic E-state index is 12.8. The van der Waals surface area contributed by atoms with Crippen LogP contribution >= 0.6 is 0 Å². The van der Waals surface area contributed by atoms with Gasteiger partial charge in [0.25, 0.3) is 10.1 Å². The van der Waals surface area contributed by atoms with Crippen LogP contribution in [0.2, 0.25) is 0 Å². The Morgan fingerprint density at radius 1 is 0.797 bits per heavy atom. The first-order chi connectivity index (χ1) is 29.7. The summed E-state index contributed by atoms with van der Waals surface area (Å²) < 4.78 is 64.3. The first kappa shape index (κ1) is 48.9. The van der Waals surface area contributed by atoms with Crippen LogP contribution in [0.1, 0.15) is 76.5 Å². The standard InChI is InChI=1S/C51H71N6O5S2/c1-50(2)43-35-41(63(11,58)59)23-25-45(43)54(31-13-33-56(5,6)7)47(50)27-19-38-15-12-16-39(49(38)53-30-29-37-17-21-40(52)22-18-37)20-28-48-51(3,4)44-36-42(64(60,61)62)24-26-46(44)55(48)32-14-34-57(8,9)10/h17-28,35-36H,12-16,29-34,52H2,1-11H3/q+1/p+2. The Morgan fingerprint density at radius 2 is 1.44 bits per heavy atom. The molecule has 1 aliphatic carbocycles. The Bertz CT molecular complexity index is 2640. The topological polar surface area (TPSA) is 133 Å². The Labute approximate surface area is 384 Å². The van der Waals surface area contributed by atoms with Crippen LogP contribution in [-0.4, -0.2) is 122 Å². The largest absolute Gasteiger partial charge is 0.399 e. The minimum Gasteiger partial charge on any atom is -0.399 e. The highest BCUT2D eigenvalue weighted by Crippen LogP contribution is 2.49. The van der Waals surface area contributed by atoms with Crippen LogP contribution in [0.5, 0.6) is 0 Å². The molecule has 13 heteroatoms. The molecule has 64 heavy (non-hydrogen) atoms. The van der Waals surface area contributed by atoms with Gasteiger partial charge < -0.3 is 24.9 Å². The third-order valence-electron chi connectivity index (χ3n) is 13.0. The predicted octanol–water partition coefficient (Wildman–Crippen LogP) is 7.92. The molecule has 0 saturated carbocycles. The van der Waals surface area contributed by atoms with Crippen molar-refractivity contribution in [1.29, 1.82) is 0 Å². The van der Waals surface area contributed by atoms with E-state index in [2.05, 4.69) is 121 Å². The predicted molar refractivity (Wildman–Crippen MR) is 263 cm³/mol. The number of nitrogens with zero attached hydrogens (tertiary/aromatic N) is 4. The number of rotatable bonds is 17. The quantitative estimate of drug-likeness (QED) is 0.0539. The van der Waals surface area contributed by atoms with Crippen LogP contribution in [-0.2, 0) is 37.2 Å². The number of nitrogens with two attached hydrogens (primary N) is 1. The highest BCUT2D eigenvalue weighted by atomic mass is 32.2. The van der Waals surface area contributed by atoms with Crippen LogP contribution in [0.4, 0.5) is 17.1 Å². The number of sulfone groups is 1. The number of hydrogen-bond acceptors (Lipinski definition) is 7. The third-order valence-corrected chi connectivity index (χ3v) is 14.9. The van der Waals surface area contributed by atoms with Crippen molar-refractivity contribution in [2.24, 2.45) is 0 Å². The second-order valence-corrected chi connectivity index (χ2v) is 24.5. The lowest BCUT2D eigenvalue weighted by Crippen LogP contribution is -2.37. The van der Waals surface area contributed by atoms with Crippen LogP contribution < -0.4 is 16.0 Å². The Morgan fingerprint density at radius 3 is 2.08 bits per heavy atom. The molecule has 0 saturated heterocycles. The van der Waals surface area contributed by atoms with Crippen molar-refractivity contribution in [3.8, 4) is 0 Å². The van der Waals surface area contributed by atoms with E-state index in [-0.39, 0.29) is 4.90 Å². The number of hydrogen-bond donors (Lipinski definition) is 3. The number of benzene rings is 3. The van der Waals surface area contributed by atoms with E-state index in [4.69, 9.17) is 5.73 Å². The van der Waals surface area contributed by atoms with Gasteiger partial charge in [0.05, 0.1) is 77.0 Å². The monoisotopic (exact) mass is 914 g/mol. The van der Waals surface area contributed by atoms with Gasteiger partial charge in [-0.15, -0.1) is 0 Å². The van der Waals surface area contributed by atoms with Gasteiger partial charge in [-0.1, -0.05) is 38.1 Å². The van der Waals surface area contributed by atoms with Crippen molar-refractivity contribution in [3.63, 3.8) is 0 Å². The van der Waals surface area contributed by atoms with Crippen LogP contribution in [0, 0.1) is 0 Å². The van der Waals surface area contributed by atoms with Crippen molar-refractivity contribution in [2.75, 3.05) is 91.9 Å². The summed E-state index contributed by atoms with van der Waals surface area (Å²) in [6.45, 7) is 12.9. The highest BCUT2D eigenvalue weighted by Gasteiger charge is 2.45. The van der Waals surface area contributed by atoms with Crippen molar-refractivity contribution < 1.29 is 34.9 Å². The van der Waals surface area contributed by atoms with E-state index in [9.17, 15) is 21.4 Å². The average Bonchev–Trinajstić information content (AvgIpc) is 3.53. The molecule has 0 spiro atoms. The number of nitrogen functional groups attached to an aromatic ring is 1. The van der Waals surface area contributed by atoms with Crippen LogP contribution in [0.3, 0.4) is 0 Å². The second-order valence-electron chi connectivity index (χ2n) is 21.0. The summed E-state index contributed by atoms with van der Waals surface area (Å²) in [4.78, 5) is 2.57. The van der Waals surface area contributed by atoms with Crippen LogP contribution in [0.25, 0.3) is 0 Å². The second kappa shape index (κ2) is 18.4. The van der Waals surface area contributed by atoms with Gasteiger partial charge in [0.2, 0.25) is 5.69 Å². The summed E-state index contributed by atoms with van der Waals surface area (Å²) in [5.41, 5.74) is 16.6. The summed E-state index contributed by atoms with van der Waals surface area (Å²) in [6, 6.07) is 18.6. The number of quaternary nitrogens is 2. The number of anilines is 2. The van der Waals surface area contributed by atoms with E-state index in [1.807, 2.05) is 30.3 Å². The van der Waals surface area contributed by atoms with Crippen molar-refractivity contribution >= 4 is 42.7 Å². The van der Waals surface area contributed by atoms with Gasteiger partial charge in [-0.2, -0.15) is 13.0 Å². The van der Waals surface area contributed by atoms with Crippen molar-refractivity contribution in [2.45, 2.75) is 86.8 Å². The van der Waals surface area contributed by atoms with Crippen LogP contribution in [0.15, 0.2) is 117 Å². The molecular weight excluding hydrogens is 841 g/mol. The first-order valence-corrected chi connectivity index (χ1v) is 25.9. The molecule has 0 radical (unpaired) electrons. The first-order valence-electron chi connectivity index (χ1n) is 22.6. The molecule has 0 fully saturated rings. The van der Waals surface area contributed by atoms with Gasteiger partial charge >= 0.3 is 0 Å². The molecule has 6 rings (SSSR count). The van der Waals surface area contributed by atoms with Gasteiger partial charge in [-0.25, -0.2) is 8.42 Å². The zero-order valence-corrected chi connectivity index (χ0v) is 41.8. The van der Waals surface area contributed by atoms with E-state index < -0.39 is 30.8 Å². The lowest BCUT2D eigenvalue weighted by molar-refractivity contribution is -0.871. The minimum absolute atomic E-state index is 0.0985. The van der Waals surface area contributed by atoms with E-state index in [0.717, 1.165) is 126 Å². The maximum Gasteiger partial charge on any atom is 0.294 e. The van der Waals surface area contributed by atoms with Gasteiger partial charge in [0.15, 0.2) is 22.1 Å². The van der Waals surface area contributed by atoms with E-state index in [0.29, 0.717) is 4.90 Å². The highest BCUT2D eigenvalue weighted by molar-refractivity contribution is 7.90. The molecule has 0 amide bonds. The molecule has 0 atom stereocenters. The zero-order valence-electron chi connectivity index (χ0n) is 40.1. The molecular formula is C51H73N6O5S2+3. The van der Waals surface area contributed by atoms with Gasteiger partial charge in [-0.3, -0.25) is 4.55 Å². The summed E-state index contributed by atoms with van der Waals surface area (Å²) in [6.07, 6.45) is 15.8. The fourth-order valence-electron chi connectivity index (χ4n) is 9.45. The molecule has 0 aromatic heterocycles. The normalized spacial score (nSPS) is 19.0. The van der Waals surface area contributed by atoms with E-state index in [1.165, 1.54) is 29.0 Å². The SMILES string of the molecule is CC1(C)C(=CC=C2CCCC(C=CC3=[N+](CCC[N+](C)(C)C)c4ccc(S(C)(=O)=O)cc4C3(C)C)=C2NCCc2ccc(N)cc2)N(CCC[N+](C)(C)C)c2ccc(S(=O)(=O)O)cc21. The fourth-order valence-corrected chi connectivity index (χ4v) is 10.6.